The van der Waals surface area contributed by atoms with E-state index in [4.69, 9.17) is 0 Å². The molecule has 1 aromatic heterocycles. The van der Waals surface area contributed by atoms with Crippen molar-refractivity contribution in [2.24, 2.45) is 0 Å². The van der Waals surface area contributed by atoms with Crippen LogP contribution in [0.2, 0.25) is 0 Å². The monoisotopic (exact) mass is 322 g/mol. The molecule has 0 radical (unpaired) electrons. The van der Waals surface area contributed by atoms with Gasteiger partial charge in [-0.05, 0) is 49.7 Å². The van der Waals surface area contributed by atoms with E-state index in [1.54, 1.807) is 12.1 Å². The molecule has 0 aliphatic carbocycles. The zero-order valence-electron chi connectivity index (χ0n) is 14.3. The molecule has 24 heavy (non-hydrogen) atoms. The van der Waals surface area contributed by atoms with Gasteiger partial charge in [0, 0.05) is 42.1 Å². The molecule has 2 nitrogen and oxygen atoms in total. The number of halogens is 1. The van der Waals surface area contributed by atoms with E-state index in [0.717, 1.165) is 31.5 Å². The molecule has 2 aromatic carbocycles. The van der Waals surface area contributed by atoms with Crippen LogP contribution in [0.5, 0.6) is 0 Å². The average molecular weight is 322 g/mol. The average Bonchev–Trinajstić information content (AvgIpc) is 2.87. The Morgan fingerprint density at radius 1 is 1.12 bits per heavy atom. The van der Waals surface area contributed by atoms with Crippen LogP contribution < -0.4 is 0 Å². The number of aryl methyl sites for hydroxylation is 2. The molecule has 3 aromatic rings. The topological polar surface area (TPSA) is 8.17 Å². The summed E-state index contributed by atoms with van der Waals surface area (Å²) in [5, 5.41) is 1.37. The first-order valence-electron chi connectivity index (χ1n) is 8.67. The first-order valence-corrected chi connectivity index (χ1v) is 8.67. The zero-order valence-corrected chi connectivity index (χ0v) is 14.3. The summed E-state index contributed by atoms with van der Waals surface area (Å²) in [6.07, 6.45) is 1.93. The van der Waals surface area contributed by atoms with Gasteiger partial charge in [0.1, 0.15) is 5.82 Å². The van der Waals surface area contributed by atoms with Crippen molar-refractivity contribution >= 4 is 10.9 Å². The summed E-state index contributed by atoms with van der Waals surface area (Å²) in [4.78, 5) is 2.42. The van der Waals surface area contributed by atoms with Gasteiger partial charge in [-0.2, -0.15) is 0 Å². The van der Waals surface area contributed by atoms with E-state index in [2.05, 4.69) is 47.7 Å². The van der Waals surface area contributed by atoms with Gasteiger partial charge in [0.2, 0.25) is 0 Å². The molecule has 0 bridgehead atoms. The Hall–Kier alpha value is -2.13. The number of fused-ring (bicyclic) bond motifs is 3. The highest BCUT2D eigenvalue weighted by molar-refractivity contribution is 5.85. The summed E-state index contributed by atoms with van der Waals surface area (Å²) in [7, 11) is 2.20. The molecule has 4 rings (SSSR count). The van der Waals surface area contributed by atoms with Crippen molar-refractivity contribution in [1.82, 2.24) is 9.47 Å². The third kappa shape index (κ3) is 2.63. The Morgan fingerprint density at radius 2 is 1.96 bits per heavy atom. The number of hydrogen-bond donors (Lipinski definition) is 0. The fourth-order valence-corrected chi connectivity index (χ4v) is 3.87. The van der Waals surface area contributed by atoms with E-state index in [0.29, 0.717) is 6.04 Å². The summed E-state index contributed by atoms with van der Waals surface area (Å²) in [6.45, 7) is 4.19. The number of para-hydroxylation sites is 1. The quantitative estimate of drug-likeness (QED) is 0.694. The Bertz CT molecular complexity index is 881. The SMILES string of the molecule is CC1Cc2c(c3ccccc3n2CCc2cccc(F)c2)CN1C. The highest BCUT2D eigenvalue weighted by Crippen LogP contribution is 2.32. The van der Waals surface area contributed by atoms with Gasteiger partial charge in [-0.3, -0.25) is 4.90 Å². The molecule has 1 atom stereocenters. The van der Waals surface area contributed by atoms with Crippen LogP contribution in [0, 0.1) is 5.82 Å². The lowest BCUT2D eigenvalue weighted by Crippen LogP contribution is -2.35. The van der Waals surface area contributed by atoms with Gasteiger partial charge in [-0.15, -0.1) is 0 Å². The molecule has 124 valence electrons. The van der Waals surface area contributed by atoms with Crippen molar-refractivity contribution in [3.05, 3.63) is 71.2 Å². The molecule has 1 aliphatic rings. The van der Waals surface area contributed by atoms with Crippen LogP contribution in [0.1, 0.15) is 23.7 Å². The fourth-order valence-electron chi connectivity index (χ4n) is 3.87. The van der Waals surface area contributed by atoms with E-state index in [1.165, 1.54) is 28.2 Å². The largest absolute Gasteiger partial charge is 0.344 e. The number of benzene rings is 2. The predicted molar refractivity (Wildman–Crippen MR) is 96.7 cm³/mol. The second kappa shape index (κ2) is 6.06. The van der Waals surface area contributed by atoms with Crippen LogP contribution in [-0.2, 0) is 25.9 Å². The van der Waals surface area contributed by atoms with Crippen LogP contribution in [0.15, 0.2) is 48.5 Å². The molecule has 1 aliphatic heterocycles. The van der Waals surface area contributed by atoms with E-state index in [-0.39, 0.29) is 5.82 Å². The number of nitrogens with zero attached hydrogens (tertiary/aromatic N) is 2. The minimum absolute atomic E-state index is 0.151. The number of hydrogen-bond acceptors (Lipinski definition) is 1. The molecule has 0 saturated heterocycles. The summed E-state index contributed by atoms with van der Waals surface area (Å²) < 4.78 is 15.9. The van der Waals surface area contributed by atoms with Crippen molar-refractivity contribution in [3.63, 3.8) is 0 Å². The van der Waals surface area contributed by atoms with Gasteiger partial charge in [0.05, 0.1) is 0 Å². The lowest BCUT2D eigenvalue weighted by molar-refractivity contribution is 0.228. The van der Waals surface area contributed by atoms with E-state index < -0.39 is 0 Å². The summed E-state index contributed by atoms with van der Waals surface area (Å²) in [6, 6.07) is 16.2. The Morgan fingerprint density at radius 3 is 2.79 bits per heavy atom. The first kappa shape index (κ1) is 15.4. The Kier molecular flexibility index (Phi) is 3.89. The van der Waals surface area contributed by atoms with Crippen molar-refractivity contribution in [1.29, 1.82) is 0 Å². The number of likely N-dealkylation sites (N-methyl/N-ethyl adjacent to an activating group) is 1. The van der Waals surface area contributed by atoms with Crippen molar-refractivity contribution in [2.45, 2.75) is 38.9 Å². The lowest BCUT2D eigenvalue weighted by Gasteiger charge is -2.31. The van der Waals surface area contributed by atoms with E-state index in [1.807, 2.05) is 6.07 Å². The maximum absolute atomic E-state index is 13.4. The maximum Gasteiger partial charge on any atom is 0.123 e. The predicted octanol–water partition coefficient (Wildman–Crippen LogP) is 4.40. The molecular weight excluding hydrogens is 299 g/mol. The normalized spacial score (nSPS) is 18.0. The highest BCUT2D eigenvalue weighted by atomic mass is 19.1. The molecule has 0 fully saturated rings. The molecule has 3 heteroatoms. The van der Waals surface area contributed by atoms with Crippen LogP contribution in [-0.4, -0.2) is 22.6 Å². The minimum Gasteiger partial charge on any atom is -0.344 e. The van der Waals surface area contributed by atoms with Gasteiger partial charge in [-0.1, -0.05) is 30.3 Å². The van der Waals surface area contributed by atoms with Gasteiger partial charge in [-0.25, -0.2) is 4.39 Å². The molecule has 1 unspecified atom stereocenters. The zero-order chi connectivity index (χ0) is 16.7. The van der Waals surface area contributed by atoms with E-state index in [9.17, 15) is 4.39 Å². The lowest BCUT2D eigenvalue weighted by atomic mass is 10.00. The minimum atomic E-state index is -0.151. The summed E-state index contributed by atoms with van der Waals surface area (Å²) in [5.74, 6) is -0.151. The molecule has 0 spiro atoms. The third-order valence-corrected chi connectivity index (χ3v) is 5.36. The van der Waals surface area contributed by atoms with Crippen molar-refractivity contribution < 1.29 is 4.39 Å². The molecule has 0 saturated carbocycles. The van der Waals surface area contributed by atoms with Gasteiger partial charge in [0.15, 0.2) is 0 Å². The second-order valence-corrected chi connectivity index (χ2v) is 6.94. The number of rotatable bonds is 3. The van der Waals surface area contributed by atoms with E-state index >= 15 is 0 Å². The Balaban J connectivity index is 1.73. The summed E-state index contributed by atoms with van der Waals surface area (Å²) in [5.41, 5.74) is 5.28. The second-order valence-electron chi connectivity index (χ2n) is 6.94. The van der Waals surface area contributed by atoms with Crippen LogP contribution >= 0.6 is 0 Å². The number of aromatic nitrogens is 1. The van der Waals surface area contributed by atoms with Crippen LogP contribution in [0.25, 0.3) is 10.9 Å². The van der Waals surface area contributed by atoms with Crippen LogP contribution in [0.3, 0.4) is 0 Å². The fraction of sp³-hybridized carbons (Fsp3) is 0.333. The third-order valence-electron chi connectivity index (χ3n) is 5.36. The maximum atomic E-state index is 13.4. The standard InChI is InChI=1S/C21H23FN2/c1-15-12-21-19(14-23(15)2)18-8-3-4-9-20(18)24(21)11-10-16-6-5-7-17(22)13-16/h3-9,13,15H,10-12,14H2,1-2H3. The van der Waals surface area contributed by atoms with Gasteiger partial charge < -0.3 is 4.57 Å². The van der Waals surface area contributed by atoms with Gasteiger partial charge in [0.25, 0.3) is 0 Å². The molecular formula is C21H23FN2. The Labute approximate surface area is 142 Å². The summed E-state index contributed by atoms with van der Waals surface area (Å²) >= 11 is 0. The molecule has 0 amide bonds. The smallest absolute Gasteiger partial charge is 0.123 e. The molecule has 2 heterocycles. The first-order chi connectivity index (χ1) is 11.6. The van der Waals surface area contributed by atoms with Crippen molar-refractivity contribution in [3.8, 4) is 0 Å². The van der Waals surface area contributed by atoms with Crippen LogP contribution in [0.4, 0.5) is 4.39 Å². The highest BCUT2D eigenvalue weighted by Gasteiger charge is 2.26. The van der Waals surface area contributed by atoms with Gasteiger partial charge >= 0.3 is 0 Å². The van der Waals surface area contributed by atoms with Crippen molar-refractivity contribution in [2.75, 3.05) is 7.05 Å². The molecule has 0 N–H and O–H groups in total.